The molecule has 0 spiro atoms. The van der Waals surface area contributed by atoms with E-state index in [9.17, 15) is 14.0 Å². The molecule has 2 atom stereocenters. The van der Waals surface area contributed by atoms with E-state index in [1.54, 1.807) is 0 Å². The van der Waals surface area contributed by atoms with Crippen molar-refractivity contribution >= 4 is 23.2 Å². The third-order valence-electron chi connectivity index (χ3n) is 4.79. The van der Waals surface area contributed by atoms with Crippen molar-refractivity contribution in [2.45, 2.75) is 31.8 Å². The smallest absolute Gasteiger partial charge is 0.296 e. The summed E-state index contributed by atoms with van der Waals surface area (Å²) >= 11 is 1.53. The maximum absolute atomic E-state index is 13.1. The molecule has 1 aliphatic heterocycles. The Hall–Kier alpha value is -3.07. The summed E-state index contributed by atoms with van der Waals surface area (Å²) in [7, 11) is 0. The number of carbonyl (C=O) groups is 2. The molecule has 1 N–H and O–H groups in total. The molecular weight excluding hydrogens is 395 g/mol. The first-order valence-electron chi connectivity index (χ1n) is 9.31. The van der Waals surface area contributed by atoms with Gasteiger partial charge in [-0.2, -0.15) is 4.98 Å². The van der Waals surface area contributed by atoms with Crippen molar-refractivity contribution in [3.8, 4) is 11.5 Å². The summed E-state index contributed by atoms with van der Waals surface area (Å²) in [5.74, 6) is -1.03. The minimum atomic E-state index is -0.587. The Morgan fingerprint density at radius 3 is 2.83 bits per heavy atom. The van der Waals surface area contributed by atoms with Gasteiger partial charge >= 0.3 is 0 Å². The summed E-state index contributed by atoms with van der Waals surface area (Å²) in [6.07, 6.45) is 1.29. The largest absolute Gasteiger partial charge is 0.345 e. The molecule has 7 nitrogen and oxygen atoms in total. The van der Waals surface area contributed by atoms with E-state index < -0.39 is 11.9 Å². The van der Waals surface area contributed by atoms with E-state index in [2.05, 4.69) is 15.5 Å². The lowest BCUT2D eigenvalue weighted by Gasteiger charge is -2.38. The molecule has 150 valence electrons. The zero-order chi connectivity index (χ0) is 20.4. The molecule has 3 aromatic rings. The van der Waals surface area contributed by atoms with Crippen LogP contribution in [0.1, 0.15) is 41.3 Å². The standard InChI is InChI=1S/C20H19FN4O3S/c1-2-4-15-18(26)22-14(16-5-3-10-29-16)11-25(15)20(27)17-23-19(28-24-17)12-6-8-13(21)9-7-12/h3,5-10,14-15H,2,4,11H2,1H3,(H,22,26)/t14-,15+/m1/s1. The molecule has 2 amide bonds. The van der Waals surface area contributed by atoms with Crippen LogP contribution in [0.4, 0.5) is 4.39 Å². The van der Waals surface area contributed by atoms with Gasteiger partial charge in [0.15, 0.2) is 0 Å². The summed E-state index contributed by atoms with van der Waals surface area (Å²) < 4.78 is 18.3. The number of halogens is 1. The third kappa shape index (κ3) is 3.91. The van der Waals surface area contributed by atoms with Gasteiger partial charge in [0.05, 0.1) is 6.04 Å². The van der Waals surface area contributed by atoms with Gasteiger partial charge in [-0.3, -0.25) is 9.59 Å². The van der Waals surface area contributed by atoms with Crippen LogP contribution in [0.25, 0.3) is 11.5 Å². The average molecular weight is 414 g/mol. The fourth-order valence-electron chi connectivity index (χ4n) is 3.36. The van der Waals surface area contributed by atoms with E-state index in [0.29, 0.717) is 18.5 Å². The number of thiophene rings is 1. The number of hydrogen-bond acceptors (Lipinski definition) is 6. The number of nitrogens with zero attached hydrogens (tertiary/aromatic N) is 3. The molecule has 2 aromatic heterocycles. The number of benzene rings is 1. The number of rotatable bonds is 5. The normalized spacial score (nSPS) is 19.2. The van der Waals surface area contributed by atoms with Crippen molar-refractivity contribution in [3.63, 3.8) is 0 Å². The van der Waals surface area contributed by atoms with Crippen molar-refractivity contribution < 1.29 is 18.5 Å². The number of carbonyl (C=O) groups excluding carboxylic acids is 2. The number of piperazine rings is 1. The van der Waals surface area contributed by atoms with E-state index in [0.717, 1.165) is 11.3 Å². The molecule has 1 aliphatic rings. The van der Waals surface area contributed by atoms with Gasteiger partial charge in [-0.15, -0.1) is 11.3 Å². The van der Waals surface area contributed by atoms with Crippen LogP contribution in [0.5, 0.6) is 0 Å². The van der Waals surface area contributed by atoms with Gasteiger partial charge < -0.3 is 14.7 Å². The molecule has 29 heavy (non-hydrogen) atoms. The lowest BCUT2D eigenvalue weighted by molar-refractivity contribution is -0.129. The molecule has 1 fully saturated rings. The molecule has 0 radical (unpaired) electrons. The van der Waals surface area contributed by atoms with Crippen molar-refractivity contribution in [2.24, 2.45) is 0 Å². The Bertz CT molecular complexity index is 1000. The third-order valence-corrected chi connectivity index (χ3v) is 5.78. The van der Waals surface area contributed by atoms with Crippen molar-refractivity contribution in [1.82, 2.24) is 20.4 Å². The monoisotopic (exact) mass is 414 g/mol. The highest BCUT2D eigenvalue weighted by molar-refractivity contribution is 7.10. The van der Waals surface area contributed by atoms with Crippen LogP contribution in [0.15, 0.2) is 46.3 Å². The highest BCUT2D eigenvalue weighted by Gasteiger charge is 2.39. The van der Waals surface area contributed by atoms with Crippen LogP contribution < -0.4 is 5.32 Å². The molecule has 9 heteroatoms. The second-order valence-electron chi connectivity index (χ2n) is 6.77. The molecule has 0 saturated carbocycles. The quantitative estimate of drug-likeness (QED) is 0.691. The van der Waals surface area contributed by atoms with Crippen LogP contribution in [0, 0.1) is 5.82 Å². The van der Waals surface area contributed by atoms with Crippen LogP contribution in [0.2, 0.25) is 0 Å². The second-order valence-corrected chi connectivity index (χ2v) is 7.75. The molecule has 0 bridgehead atoms. The highest BCUT2D eigenvalue weighted by atomic mass is 32.1. The van der Waals surface area contributed by atoms with Crippen LogP contribution in [-0.2, 0) is 4.79 Å². The van der Waals surface area contributed by atoms with Gasteiger partial charge in [0.1, 0.15) is 11.9 Å². The zero-order valence-corrected chi connectivity index (χ0v) is 16.5. The summed E-state index contributed by atoms with van der Waals surface area (Å²) in [5, 5.41) is 8.73. The van der Waals surface area contributed by atoms with Crippen molar-refractivity contribution in [2.75, 3.05) is 6.54 Å². The number of amides is 2. The Kier molecular flexibility index (Phi) is 5.39. The predicted molar refractivity (Wildman–Crippen MR) is 105 cm³/mol. The molecule has 3 heterocycles. The van der Waals surface area contributed by atoms with Crippen LogP contribution in [-0.4, -0.2) is 39.4 Å². The maximum Gasteiger partial charge on any atom is 0.296 e. The summed E-state index contributed by atoms with van der Waals surface area (Å²) in [6.45, 7) is 2.29. The topological polar surface area (TPSA) is 88.3 Å². The highest BCUT2D eigenvalue weighted by Crippen LogP contribution is 2.27. The van der Waals surface area contributed by atoms with E-state index in [1.165, 1.54) is 40.5 Å². The van der Waals surface area contributed by atoms with Gasteiger partial charge in [-0.05, 0) is 42.1 Å². The minimum absolute atomic E-state index is 0.120. The van der Waals surface area contributed by atoms with Crippen molar-refractivity contribution in [3.05, 3.63) is 58.3 Å². The Balaban J connectivity index is 1.60. The van der Waals surface area contributed by atoms with E-state index in [1.807, 2.05) is 24.4 Å². The van der Waals surface area contributed by atoms with Gasteiger partial charge in [-0.1, -0.05) is 24.6 Å². The first kappa shape index (κ1) is 19.3. The molecule has 1 aromatic carbocycles. The molecule has 0 aliphatic carbocycles. The molecule has 1 saturated heterocycles. The zero-order valence-electron chi connectivity index (χ0n) is 15.7. The number of hydrogen-bond donors (Lipinski definition) is 1. The minimum Gasteiger partial charge on any atom is -0.345 e. The summed E-state index contributed by atoms with van der Waals surface area (Å²) in [5.41, 5.74) is 0.510. The first-order chi connectivity index (χ1) is 14.1. The Morgan fingerprint density at radius 2 is 2.14 bits per heavy atom. The lowest BCUT2D eigenvalue weighted by Crippen LogP contribution is -2.58. The second kappa shape index (κ2) is 8.12. The maximum atomic E-state index is 13.1. The average Bonchev–Trinajstić information content (AvgIpc) is 3.42. The summed E-state index contributed by atoms with van der Waals surface area (Å²) in [4.78, 5) is 32.5. The van der Waals surface area contributed by atoms with Gasteiger partial charge in [0.2, 0.25) is 5.91 Å². The fourth-order valence-corrected chi connectivity index (χ4v) is 4.13. The van der Waals surface area contributed by atoms with Gasteiger partial charge in [0, 0.05) is 17.0 Å². The molecule has 4 rings (SSSR count). The SMILES string of the molecule is CCC[C@H]1C(=O)N[C@@H](c2cccs2)CN1C(=O)c1noc(-c2ccc(F)cc2)n1. The van der Waals surface area contributed by atoms with E-state index in [-0.39, 0.29) is 29.5 Å². The van der Waals surface area contributed by atoms with Crippen molar-refractivity contribution in [1.29, 1.82) is 0 Å². The number of aromatic nitrogens is 2. The number of nitrogens with one attached hydrogen (secondary N) is 1. The van der Waals surface area contributed by atoms with Gasteiger partial charge in [0.25, 0.3) is 17.6 Å². The Morgan fingerprint density at radius 1 is 1.34 bits per heavy atom. The van der Waals surface area contributed by atoms with Crippen LogP contribution >= 0.6 is 11.3 Å². The van der Waals surface area contributed by atoms with E-state index in [4.69, 9.17) is 4.52 Å². The summed E-state index contributed by atoms with van der Waals surface area (Å²) in [6, 6.07) is 8.53. The predicted octanol–water partition coefficient (Wildman–Crippen LogP) is 3.42. The lowest BCUT2D eigenvalue weighted by atomic mass is 10.0. The Labute approximate surface area is 170 Å². The van der Waals surface area contributed by atoms with Crippen LogP contribution in [0.3, 0.4) is 0 Å². The van der Waals surface area contributed by atoms with E-state index >= 15 is 0 Å². The first-order valence-corrected chi connectivity index (χ1v) is 10.2. The molecular formula is C20H19FN4O3S. The van der Waals surface area contributed by atoms with Gasteiger partial charge in [-0.25, -0.2) is 4.39 Å². The fraction of sp³-hybridized carbons (Fsp3) is 0.300. The molecule has 0 unspecified atom stereocenters.